The molecule has 0 saturated carbocycles. The van der Waals surface area contributed by atoms with Crippen LogP contribution in [0, 0.1) is 20.8 Å². The number of aryl methyl sites for hydroxylation is 2. The molecule has 2 aromatic rings. The SMILES string of the molecule is CCc1c(-c2c(C)oc(C)c2C)sc(C(=O)OC)c1N. The molecule has 0 spiro atoms. The Balaban J connectivity index is 2.71. The first kappa shape index (κ1) is 14.7. The lowest BCUT2D eigenvalue weighted by Gasteiger charge is -2.02. The number of carbonyl (C=O) groups excluding carboxylic acids is 1. The van der Waals surface area contributed by atoms with Gasteiger partial charge < -0.3 is 14.9 Å². The number of rotatable bonds is 3. The lowest BCUT2D eigenvalue weighted by molar-refractivity contribution is 0.0607. The quantitative estimate of drug-likeness (QED) is 0.873. The highest BCUT2D eigenvalue weighted by atomic mass is 32.1. The molecule has 0 unspecified atom stereocenters. The standard InChI is InChI=1S/C15H19NO3S/c1-6-10-12(16)14(15(17)18-5)20-13(10)11-7(2)8(3)19-9(11)4/h6,16H2,1-5H3. The highest BCUT2D eigenvalue weighted by Gasteiger charge is 2.25. The third-order valence-corrected chi connectivity index (χ3v) is 4.81. The number of esters is 1. The minimum absolute atomic E-state index is 0.385. The van der Waals surface area contributed by atoms with Gasteiger partial charge in [0.2, 0.25) is 0 Å². The second kappa shape index (κ2) is 5.32. The molecule has 5 heteroatoms. The van der Waals surface area contributed by atoms with Gasteiger partial charge >= 0.3 is 5.97 Å². The molecule has 108 valence electrons. The molecule has 0 aromatic carbocycles. The van der Waals surface area contributed by atoms with E-state index in [1.165, 1.54) is 18.4 Å². The molecule has 2 N–H and O–H groups in total. The van der Waals surface area contributed by atoms with Gasteiger partial charge in [-0.25, -0.2) is 4.79 Å². The monoisotopic (exact) mass is 293 g/mol. The fourth-order valence-corrected chi connectivity index (χ4v) is 3.78. The van der Waals surface area contributed by atoms with Crippen LogP contribution in [-0.4, -0.2) is 13.1 Å². The summed E-state index contributed by atoms with van der Waals surface area (Å²) in [4.78, 5) is 13.3. The minimum atomic E-state index is -0.385. The number of furan rings is 1. The van der Waals surface area contributed by atoms with Crippen molar-refractivity contribution >= 4 is 23.0 Å². The Morgan fingerprint density at radius 1 is 1.30 bits per heavy atom. The van der Waals surface area contributed by atoms with Crippen molar-refractivity contribution in [1.29, 1.82) is 0 Å². The molecule has 0 saturated heterocycles. The van der Waals surface area contributed by atoms with Crippen LogP contribution in [0.3, 0.4) is 0 Å². The smallest absolute Gasteiger partial charge is 0.350 e. The predicted octanol–water partition coefficient (Wildman–Crippen LogP) is 3.86. The third-order valence-electron chi connectivity index (χ3n) is 3.56. The average molecular weight is 293 g/mol. The largest absolute Gasteiger partial charge is 0.466 e. The van der Waals surface area contributed by atoms with Crippen molar-refractivity contribution in [2.45, 2.75) is 34.1 Å². The van der Waals surface area contributed by atoms with Gasteiger partial charge in [-0.05, 0) is 38.3 Å². The molecule has 0 aliphatic carbocycles. The van der Waals surface area contributed by atoms with Gasteiger partial charge in [0.05, 0.1) is 12.8 Å². The van der Waals surface area contributed by atoms with E-state index in [9.17, 15) is 4.79 Å². The van der Waals surface area contributed by atoms with Gasteiger partial charge in [-0.3, -0.25) is 0 Å². The Morgan fingerprint density at radius 3 is 2.40 bits per heavy atom. The number of carbonyl (C=O) groups is 1. The van der Waals surface area contributed by atoms with Crippen LogP contribution in [0.2, 0.25) is 0 Å². The Hall–Kier alpha value is -1.75. The van der Waals surface area contributed by atoms with Gasteiger partial charge in [-0.2, -0.15) is 0 Å². The van der Waals surface area contributed by atoms with E-state index in [4.69, 9.17) is 14.9 Å². The van der Waals surface area contributed by atoms with Crippen LogP contribution in [-0.2, 0) is 11.2 Å². The molecule has 4 nitrogen and oxygen atoms in total. The molecular weight excluding hydrogens is 274 g/mol. The van der Waals surface area contributed by atoms with E-state index < -0.39 is 0 Å². The van der Waals surface area contributed by atoms with Crippen molar-refractivity contribution in [3.63, 3.8) is 0 Å². The van der Waals surface area contributed by atoms with Crippen molar-refractivity contribution in [2.75, 3.05) is 12.8 Å². The summed E-state index contributed by atoms with van der Waals surface area (Å²) in [6.07, 6.45) is 0.762. The summed E-state index contributed by atoms with van der Waals surface area (Å²) in [7, 11) is 1.37. The van der Waals surface area contributed by atoms with Crippen LogP contribution in [0.4, 0.5) is 5.69 Å². The molecule has 2 aromatic heterocycles. The summed E-state index contributed by atoms with van der Waals surface area (Å²) in [5, 5.41) is 0. The van der Waals surface area contributed by atoms with E-state index in [-0.39, 0.29) is 5.97 Å². The molecule has 20 heavy (non-hydrogen) atoms. The summed E-state index contributed by atoms with van der Waals surface area (Å²) in [5.74, 6) is 1.36. The maximum atomic E-state index is 11.8. The maximum absolute atomic E-state index is 11.8. The van der Waals surface area contributed by atoms with Gasteiger partial charge in [-0.15, -0.1) is 11.3 Å². The van der Waals surface area contributed by atoms with Crippen molar-refractivity contribution in [1.82, 2.24) is 0 Å². The predicted molar refractivity (Wildman–Crippen MR) is 81.4 cm³/mol. The van der Waals surface area contributed by atoms with E-state index in [2.05, 4.69) is 0 Å². The Labute approximate surface area is 122 Å². The van der Waals surface area contributed by atoms with Crippen molar-refractivity contribution in [3.8, 4) is 10.4 Å². The fourth-order valence-electron chi connectivity index (χ4n) is 2.40. The number of hydrogen-bond donors (Lipinski definition) is 1. The number of methoxy groups -OCH3 is 1. The second-order valence-corrected chi connectivity index (χ2v) is 5.73. The van der Waals surface area contributed by atoms with Crippen LogP contribution in [0.15, 0.2) is 4.42 Å². The number of nitrogens with two attached hydrogens (primary N) is 1. The van der Waals surface area contributed by atoms with Gasteiger partial charge in [0, 0.05) is 10.4 Å². The second-order valence-electron chi connectivity index (χ2n) is 4.71. The Kier molecular flexibility index (Phi) is 3.90. The first-order valence-electron chi connectivity index (χ1n) is 6.48. The van der Waals surface area contributed by atoms with Crippen LogP contribution >= 0.6 is 11.3 Å². The molecular formula is C15H19NO3S. The van der Waals surface area contributed by atoms with Crippen LogP contribution in [0.25, 0.3) is 10.4 Å². The van der Waals surface area contributed by atoms with E-state index in [0.29, 0.717) is 10.6 Å². The molecule has 2 rings (SSSR count). The van der Waals surface area contributed by atoms with E-state index in [1.807, 2.05) is 27.7 Å². The van der Waals surface area contributed by atoms with Gasteiger partial charge in [0.25, 0.3) is 0 Å². The molecule has 0 aliphatic heterocycles. The highest BCUT2D eigenvalue weighted by Crippen LogP contribution is 2.43. The van der Waals surface area contributed by atoms with Gasteiger partial charge in [0.1, 0.15) is 16.4 Å². The number of nitrogen functional groups attached to an aromatic ring is 1. The van der Waals surface area contributed by atoms with Crippen molar-refractivity contribution in [2.24, 2.45) is 0 Å². The summed E-state index contributed by atoms with van der Waals surface area (Å²) in [6, 6.07) is 0. The summed E-state index contributed by atoms with van der Waals surface area (Å²) >= 11 is 1.38. The molecule has 0 radical (unpaired) electrons. The first-order chi connectivity index (χ1) is 9.42. The van der Waals surface area contributed by atoms with Crippen molar-refractivity contribution in [3.05, 3.63) is 27.5 Å². The Bertz CT molecular complexity index is 667. The molecule has 0 bridgehead atoms. The zero-order valence-corrected chi connectivity index (χ0v) is 13.2. The lowest BCUT2D eigenvalue weighted by atomic mass is 10.0. The minimum Gasteiger partial charge on any atom is -0.466 e. The molecule has 0 fully saturated rings. The number of ether oxygens (including phenoxy) is 1. The topological polar surface area (TPSA) is 65.5 Å². The lowest BCUT2D eigenvalue weighted by Crippen LogP contribution is -2.02. The highest BCUT2D eigenvalue weighted by molar-refractivity contribution is 7.18. The van der Waals surface area contributed by atoms with Crippen LogP contribution in [0.5, 0.6) is 0 Å². The normalized spacial score (nSPS) is 10.8. The van der Waals surface area contributed by atoms with E-state index in [1.54, 1.807) is 0 Å². The number of thiophene rings is 1. The van der Waals surface area contributed by atoms with Crippen molar-refractivity contribution < 1.29 is 13.9 Å². The number of hydrogen-bond acceptors (Lipinski definition) is 5. The summed E-state index contributed by atoms with van der Waals surface area (Å²) < 4.78 is 10.5. The van der Waals surface area contributed by atoms with Gasteiger partial charge in [0.15, 0.2) is 0 Å². The van der Waals surface area contributed by atoms with Crippen LogP contribution in [0.1, 0.15) is 39.2 Å². The van der Waals surface area contributed by atoms with Crippen LogP contribution < -0.4 is 5.73 Å². The molecule has 0 aliphatic rings. The Morgan fingerprint density at radius 2 is 1.95 bits per heavy atom. The molecule has 2 heterocycles. The average Bonchev–Trinajstić information content (AvgIpc) is 2.86. The zero-order valence-electron chi connectivity index (χ0n) is 12.4. The summed E-state index contributed by atoms with van der Waals surface area (Å²) in [6.45, 7) is 7.92. The van der Waals surface area contributed by atoms with E-state index >= 15 is 0 Å². The fraction of sp³-hybridized carbons (Fsp3) is 0.400. The third kappa shape index (κ3) is 2.12. The summed E-state index contributed by atoms with van der Waals surface area (Å²) in [5.41, 5.74) is 9.77. The number of anilines is 1. The zero-order chi connectivity index (χ0) is 15.0. The molecule has 0 atom stereocenters. The molecule has 0 amide bonds. The first-order valence-corrected chi connectivity index (χ1v) is 7.30. The van der Waals surface area contributed by atoms with Gasteiger partial charge in [-0.1, -0.05) is 6.92 Å². The van der Waals surface area contributed by atoms with E-state index in [0.717, 1.165) is 39.5 Å². The maximum Gasteiger partial charge on any atom is 0.350 e.